The third-order valence-electron chi connectivity index (χ3n) is 5.24. The number of aliphatic hydroxyl groups excluding tert-OH is 1. The fraction of sp³-hybridized carbons (Fsp3) is 0.321. The summed E-state index contributed by atoms with van der Waals surface area (Å²) < 4.78 is 10.4. The van der Waals surface area contributed by atoms with Gasteiger partial charge in [0.05, 0.1) is 23.9 Å². The number of aliphatic hydroxyl groups is 1. The molecule has 0 saturated carbocycles. The van der Waals surface area contributed by atoms with Gasteiger partial charge in [0.1, 0.15) is 5.60 Å². The van der Waals surface area contributed by atoms with Crippen molar-refractivity contribution in [2.75, 3.05) is 6.61 Å². The second-order valence-electron chi connectivity index (χ2n) is 9.32. The zero-order valence-electron chi connectivity index (χ0n) is 21.3. The molecular formula is C28H31N3O6. The van der Waals surface area contributed by atoms with Crippen molar-refractivity contribution in [2.45, 2.75) is 51.9 Å². The van der Waals surface area contributed by atoms with E-state index in [1.165, 1.54) is 6.07 Å². The first-order valence-electron chi connectivity index (χ1n) is 11.9. The van der Waals surface area contributed by atoms with Crippen molar-refractivity contribution in [3.05, 3.63) is 83.6 Å². The SMILES string of the molecule is CCOC(=O)C(O)C(Cc1ccccc1)NC(=O)c1ccc(-c2ccccc2C(=O)OC(C)(C)C)nn1. The molecule has 2 aromatic carbocycles. The number of amides is 1. The second kappa shape index (κ2) is 12.2. The Morgan fingerprint density at radius 1 is 0.946 bits per heavy atom. The van der Waals surface area contributed by atoms with Crippen LogP contribution in [0.5, 0.6) is 0 Å². The summed E-state index contributed by atoms with van der Waals surface area (Å²) in [7, 11) is 0. The van der Waals surface area contributed by atoms with E-state index in [0.717, 1.165) is 5.56 Å². The van der Waals surface area contributed by atoms with Gasteiger partial charge >= 0.3 is 11.9 Å². The van der Waals surface area contributed by atoms with Crippen molar-refractivity contribution in [2.24, 2.45) is 0 Å². The summed E-state index contributed by atoms with van der Waals surface area (Å²) in [6, 6.07) is 18.1. The summed E-state index contributed by atoms with van der Waals surface area (Å²) in [6.07, 6.45) is -1.38. The number of hydrogen-bond acceptors (Lipinski definition) is 8. The Morgan fingerprint density at radius 2 is 1.62 bits per heavy atom. The van der Waals surface area contributed by atoms with Gasteiger partial charge in [0.25, 0.3) is 5.91 Å². The molecule has 3 rings (SSSR count). The van der Waals surface area contributed by atoms with E-state index in [0.29, 0.717) is 16.8 Å². The highest BCUT2D eigenvalue weighted by atomic mass is 16.6. The summed E-state index contributed by atoms with van der Waals surface area (Å²) in [5.74, 6) is -1.95. The minimum absolute atomic E-state index is 0.0207. The highest BCUT2D eigenvalue weighted by Crippen LogP contribution is 2.24. The molecule has 0 aliphatic heterocycles. The van der Waals surface area contributed by atoms with Crippen LogP contribution in [-0.4, -0.2) is 57.5 Å². The summed E-state index contributed by atoms with van der Waals surface area (Å²) in [5, 5.41) is 21.4. The van der Waals surface area contributed by atoms with Gasteiger partial charge in [0, 0.05) is 5.56 Å². The summed E-state index contributed by atoms with van der Waals surface area (Å²) >= 11 is 0. The molecule has 0 fully saturated rings. The lowest BCUT2D eigenvalue weighted by atomic mass is 10.0. The highest BCUT2D eigenvalue weighted by molar-refractivity contribution is 5.97. The van der Waals surface area contributed by atoms with E-state index in [-0.39, 0.29) is 18.7 Å². The Balaban J connectivity index is 1.80. The molecule has 0 spiro atoms. The van der Waals surface area contributed by atoms with Crippen LogP contribution in [0.1, 0.15) is 54.1 Å². The van der Waals surface area contributed by atoms with Crippen molar-refractivity contribution in [1.29, 1.82) is 0 Å². The largest absolute Gasteiger partial charge is 0.464 e. The molecule has 194 valence electrons. The summed E-state index contributed by atoms with van der Waals surface area (Å²) in [5.41, 5.74) is 1.34. The second-order valence-corrected chi connectivity index (χ2v) is 9.32. The van der Waals surface area contributed by atoms with Gasteiger partial charge < -0.3 is 19.9 Å². The van der Waals surface area contributed by atoms with Crippen molar-refractivity contribution < 1.29 is 29.0 Å². The number of ether oxygens (including phenoxy) is 2. The Kier molecular flexibility index (Phi) is 9.08. The first-order valence-corrected chi connectivity index (χ1v) is 11.9. The van der Waals surface area contributed by atoms with Crippen LogP contribution >= 0.6 is 0 Å². The fourth-order valence-electron chi connectivity index (χ4n) is 3.56. The molecular weight excluding hydrogens is 474 g/mol. The number of hydrogen-bond donors (Lipinski definition) is 2. The fourth-order valence-corrected chi connectivity index (χ4v) is 3.56. The quantitative estimate of drug-likeness (QED) is 0.424. The van der Waals surface area contributed by atoms with Gasteiger partial charge in [-0.05, 0) is 57.9 Å². The maximum Gasteiger partial charge on any atom is 0.339 e. The standard InChI is InChI=1S/C28H31N3O6/c1-5-36-27(35)24(32)23(17-18-11-7-6-8-12-18)29-25(33)22-16-15-21(30-31-22)19-13-9-10-14-20(19)26(34)37-28(2,3)4/h6-16,23-24,32H,5,17H2,1-4H3,(H,29,33). The molecule has 1 heterocycles. The van der Waals surface area contributed by atoms with E-state index in [2.05, 4.69) is 15.5 Å². The minimum atomic E-state index is -1.57. The lowest BCUT2D eigenvalue weighted by Gasteiger charge is -2.23. The van der Waals surface area contributed by atoms with Crippen LogP contribution in [0, 0.1) is 0 Å². The average Bonchev–Trinajstić information content (AvgIpc) is 2.87. The zero-order valence-corrected chi connectivity index (χ0v) is 21.3. The van der Waals surface area contributed by atoms with Crippen LogP contribution in [0.4, 0.5) is 0 Å². The minimum Gasteiger partial charge on any atom is -0.464 e. The average molecular weight is 506 g/mol. The molecule has 9 nitrogen and oxygen atoms in total. The smallest absolute Gasteiger partial charge is 0.339 e. The number of benzene rings is 2. The normalized spacial score (nSPS) is 12.8. The van der Waals surface area contributed by atoms with Crippen LogP contribution in [0.3, 0.4) is 0 Å². The number of carbonyl (C=O) groups excluding carboxylic acids is 3. The molecule has 1 amide bonds. The molecule has 0 radical (unpaired) electrons. The first-order chi connectivity index (χ1) is 17.6. The Bertz CT molecular complexity index is 1220. The van der Waals surface area contributed by atoms with E-state index in [1.54, 1.807) is 58.0 Å². The van der Waals surface area contributed by atoms with Crippen LogP contribution < -0.4 is 5.32 Å². The molecule has 0 aliphatic carbocycles. The van der Waals surface area contributed by atoms with Gasteiger partial charge in [0.15, 0.2) is 11.8 Å². The van der Waals surface area contributed by atoms with Gasteiger partial charge in [-0.2, -0.15) is 0 Å². The zero-order chi connectivity index (χ0) is 27.0. The number of nitrogens with one attached hydrogen (secondary N) is 1. The molecule has 1 aromatic heterocycles. The first kappa shape index (κ1) is 27.5. The molecule has 2 N–H and O–H groups in total. The highest BCUT2D eigenvalue weighted by Gasteiger charge is 2.30. The van der Waals surface area contributed by atoms with Crippen molar-refractivity contribution in [3.63, 3.8) is 0 Å². The number of rotatable bonds is 9. The van der Waals surface area contributed by atoms with E-state index < -0.39 is 35.6 Å². The van der Waals surface area contributed by atoms with Gasteiger partial charge in [-0.1, -0.05) is 48.5 Å². The topological polar surface area (TPSA) is 128 Å². The predicted octanol–water partition coefficient (Wildman–Crippen LogP) is 3.36. The molecule has 0 saturated heterocycles. The molecule has 37 heavy (non-hydrogen) atoms. The van der Waals surface area contributed by atoms with Gasteiger partial charge in [-0.25, -0.2) is 9.59 Å². The molecule has 9 heteroatoms. The van der Waals surface area contributed by atoms with Gasteiger partial charge in [-0.15, -0.1) is 10.2 Å². The van der Waals surface area contributed by atoms with Gasteiger partial charge in [-0.3, -0.25) is 4.79 Å². The third-order valence-corrected chi connectivity index (χ3v) is 5.24. The Labute approximate surface area is 215 Å². The Hall–Kier alpha value is -4.11. The van der Waals surface area contributed by atoms with Crippen molar-refractivity contribution in [1.82, 2.24) is 15.5 Å². The molecule has 3 aromatic rings. The van der Waals surface area contributed by atoms with Gasteiger partial charge in [0.2, 0.25) is 0 Å². The summed E-state index contributed by atoms with van der Waals surface area (Å²) in [4.78, 5) is 37.8. The Morgan fingerprint density at radius 3 is 2.24 bits per heavy atom. The number of carbonyl (C=O) groups is 3. The monoisotopic (exact) mass is 505 g/mol. The van der Waals surface area contributed by atoms with Crippen molar-refractivity contribution >= 4 is 17.8 Å². The van der Waals surface area contributed by atoms with E-state index in [9.17, 15) is 19.5 Å². The van der Waals surface area contributed by atoms with E-state index >= 15 is 0 Å². The predicted molar refractivity (Wildman–Crippen MR) is 137 cm³/mol. The number of aromatic nitrogens is 2. The maximum atomic E-state index is 13.0. The van der Waals surface area contributed by atoms with Crippen LogP contribution in [0.2, 0.25) is 0 Å². The lowest BCUT2D eigenvalue weighted by Crippen LogP contribution is -2.49. The summed E-state index contributed by atoms with van der Waals surface area (Å²) in [6.45, 7) is 7.08. The number of nitrogens with zero attached hydrogens (tertiary/aromatic N) is 2. The molecule has 0 aliphatic rings. The third kappa shape index (κ3) is 7.68. The molecule has 2 atom stereocenters. The van der Waals surface area contributed by atoms with Crippen LogP contribution in [0.15, 0.2) is 66.7 Å². The molecule has 0 bridgehead atoms. The maximum absolute atomic E-state index is 13.0. The lowest BCUT2D eigenvalue weighted by molar-refractivity contribution is -0.154. The van der Waals surface area contributed by atoms with Crippen molar-refractivity contribution in [3.8, 4) is 11.3 Å². The van der Waals surface area contributed by atoms with Crippen LogP contribution in [0.25, 0.3) is 11.3 Å². The van der Waals surface area contributed by atoms with E-state index in [4.69, 9.17) is 9.47 Å². The molecule has 2 unspecified atom stereocenters. The number of esters is 2. The van der Waals surface area contributed by atoms with Crippen LogP contribution in [-0.2, 0) is 20.7 Å². The van der Waals surface area contributed by atoms with E-state index in [1.807, 2.05) is 30.3 Å².